The lowest BCUT2D eigenvalue weighted by Gasteiger charge is -2.27. The highest BCUT2D eigenvalue weighted by molar-refractivity contribution is 8.17. The molecule has 1 atom stereocenters. The van der Waals surface area contributed by atoms with Crippen LogP contribution in [-0.2, 0) is 6.42 Å². The Morgan fingerprint density at radius 3 is 2.73 bits per heavy atom. The van der Waals surface area contributed by atoms with Crippen LogP contribution in [0, 0.1) is 11.3 Å². The zero-order chi connectivity index (χ0) is 18.1. The van der Waals surface area contributed by atoms with E-state index in [9.17, 15) is 5.26 Å². The Morgan fingerprint density at radius 2 is 2.00 bits per heavy atom. The molecule has 26 heavy (non-hydrogen) atoms. The number of fused-ring (bicyclic) bond motifs is 1. The molecule has 0 saturated carbocycles. The van der Waals surface area contributed by atoms with Crippen LogP contribution < -0.4 is 15.4 Å². The number of hydrogen-bond acceptors (Lipinski definition) is 6. The van der Waals surface area contributed by atoms with Gasteiger partial charge in [-0.1, -0.05) is 30.3 Å². The van der Waals surface area contributed by atoms with E-state index >= 15 is 0 Å². The standard InChI is InChI=1S/C20H18N4OS/c1-25-15-8-6-14(7-9-15)18-16(12-21)19(22)26-20(23-18)24-11-10-13-4-2-3-5-17(13)24/h2-9,18H,10-11,22H2,1H3. The highest BCUT2D eigenvalue weighted by Crippen LogP contribution is 2.40. The van der Waals surface area contributed by atoms with E-state index < -0.39 is 6.04 Å². The van der Waals surface area contributed by atoms with E-state index in [2.05, 4.69) is 29.2 Å². The molecule has 0 amide bonds. The lowest BCUT2D eigenvalue weighted by molar-refractivity contribution is 0.414. The third-order valence-electron chi connectivity index (χ3n) is 4.65. The van der Waals surface area contributed by atoms with E-state index in [-0.39, 0.29) is 0 Å². The molecule has 4 rings (SSSR count). The molecule has 0 saturated heterocycles. The van der Waals surface area contributed by atoms with Crippen LogP contribution in [0.4, 0.5) is 5.69 Å². The Hall–Kier alpha value is -2.91. The second-order valence-corrected chi connectivity index (χ2v) is 7.12. The average Bonchev–Trinajstić information content (AvgIpc) is 3.11. The molecule has 5 nitrogen and oxygen atoms in total. The molecule has 6 heteroatoms. The van der Waals surface area contributed by atoms with Gasteiger partial charge in [-0.25, -0.2) is 4.99 Å². The molecule has 2 N–H and O–H groups in total. The fraction of sp³-hybridized carbons (Fsp3) is 0.200. The fourth-order valence-corrected chi connectivity index (χ4v) is 4.22. The molecule has 0 bridgehead atoms. The zero-order valence-corrected chi connectivity index (χ0v) is 15.2. The Balaban J connectivity index is 1.73. The number of amidine groups is 1. The number of rotatable bonds is 2. The van der Waals surface area contributed by atoms with Gasteiger partial charge in [-0.05, 0) is 47.5 Å². The molecule has 1 unspecified atom stereocenters. The van der Waals surface area contributed by atoms with Gasteiger partial charge in [0.05, 0.1) is 17.7 Å². The first-order valence-corrected chi connectivity index (χ1v) is 9.17. The summed E-state index contributed by atoms with van der Waals surface area (Å²) in [5.41, 5.74) is 10.1. The summed E-state index contributed by atoms with van der Waals surface area (Å²) in [6.07, 6.45) is 0.984. The highest BCUT2D eigenvalue weighted by atomic mass is 32.2. The van der Waals surface area contributed by atoms with Gasteiger partial charge in [-0.15, -0.1) is 0 Å². The fourth-order valence-electron chi connectivity index (χ4n) is 3.29. The summed E-state index contributed by atoms with van der Waals surface area (Å²) in [6.45, 7) is 0.871. The van der Waals surface area contributed by atoms with E-state index in [1.54, 1.807) is 7.11 Å². The number of benzene rings is 2. The van der Waals surface area contributed by atoms with E-state index in [1.807, 2.05) is 30.3 Å². The number of para-hydroxylation sites is 1. The van der Waals surface area contributed by atoms with Crippen molar-refractivity contribution < 1.29 is 4.74 Å². The number of nitrogens with zero attached hydrogens (tertiary/aromatic N) is 3. The summed E-state index contributed by atoms with van der Waals surface area (Å²) < 4.78 is 5.22. The largest absolute Gasteiger partial charge is 0.497 e. The predicted molar refractivity (Wildman–Crippen MR) is 105 cm³/mol. The van der Waals surface area contributed by atoms with Gasteiger partial charge >= 0.3 is 0 Å². The van der Waals surface area contributed by atoms with Crippen LogP contribution in [0.25, 0.3) is 0 Å². The van der Waals surface area contributed by atoms with Crippen LogP contribution >= 0.6 is 11.8 Å². The molecule has 2 aliphatic heterocycles. The topological polar surface area (TPSA) is 74.6 Å². The van der Waals surface area contributed by atoms with Crippen LogP contribution in [0.3, 0.4) is 0 Å². The van der Waals surface area contributed by atoms with Crippen molar-refractivity contribution in [1.82, 2.24) is 0 Å². The molecule has 0 aliphatic carbocycles. The van der Waals surface area contributed by atoms with Gasteiger partial charge in [0.1, 0.15) is 17.9 Å². The molecule has 130 valence electrons. The van der Waals surface area contributed by atoms with E-state index in [1.165, 1.54) is 23.0 Å². The second-order valence-electron chi connectivity index (χ2n) is 6.11. The molecule has 0 aromatic heterocycles. The second kappa shape index (κ2) is 6.77. The summed E-state index contributed by atoms with van der Waals surface area (Å²) in [5.74, 6) is 0.770. The number of nitrogens with two attached hydrogens (primary N) is 1. The number of thioether (sulfide) groups is 1. The van der Waals surface area contributed by atoms with E-state index in [0.29, 0.717) is 10.6 Å². The number of ether oxygens (including phenoxy) is 1. The van der Waals surface area contributed by atoms with E-state index in [4.69, 9.17) is 15.5 Å². The number of nitriles is 1. The average molecular weight is 362 g/mol. The molecular weight excluding hydrogens is 344 g/mol. The third-order valence-corrected chi connectivity index (χ3v) is 5.60. The Bertz CT molecular complexity index is 943. The first-order chi connectivity index (χ1) is 12.7. The normalized spacial score (nSPS) is 19.0. The van der Waals surface area contributed by atoms with Gasteiger partial charge in [0.2, 0.25) is 0 Å². The zero-order valence-electron chi connectivity index (χ0n) is 14.3. The van der Waals surface area contributed by atoms with Crippen LogP contribution in [0.5, 0.6) is 5.75 Å². The van der Waals surface area contributed by atoms with Crippen molar-refractivity contribution >= 4 is 22.6 Å². The van der Waals surface area contributed by atoms with Crippen LogP contribution in [-0.4, -0.2) is 18.8 Å². The highest BCUT2D eigenvalue weighted by Gasteiger charge is 2.31. The molecule has 2 aromatic rings. The SMILES string of the molecule is COc1ccc(C2N=C(N3CCc4ccccc43)SC(N)=C2C#N)cc1. The van der Waals surface area contributed by atoms with Gasteiger partial charge < -0.3 is 15.4 Å². The molecule has 2 aromatic carbocycles. The quantitative estimate of drug-likeness (QED) is 0.883. The molecule has 2 aliphatic rings. The number of anilines is 1. The lowest BCUT2D eigenvalue weighted by atomic mass is 10.0. The van der Waals surface area contributed by atoms with Crippen molar-refractivity contribution in [1.29, 1.82) is 5.26 Å². The van der Waals surface area contributed by atoms with Gasteiger partial charge in [-0.2, -0.15) is 5.26 Å². The van der Waals surface area contributed by atoms with Gasteiger partial charge in [0.25, 0.3) is 0 Å². The monoisotopic (exact) mass is 362 g/mol. The summed E-state index contributed by atoms with van der Waals surface area (Å²) in [6, 6.07) is 17.8. The summed E-state index contributed by atoms with van der Waals surface area (Å²) in [5, 5.41) is 11.0. The Kier molecular flexibility index (Phi) is 4.31. The van der Waals surface area contributed by atoms with Crippen molar-refractivity contribution in [3.8, 4) is 11.8 Å². The van der Waals surface area contributed by atoms with Crippen LogP contribution in [0.1, 0.15) is 17.2 Å². The minimum absolute atomic E-state index is 0.394. The minimum atomic E-state index is -0.394. The number of hydrogen-bond donors (Lipinski definition) is 1. The first kappa shape index (κ1) is 16.6. The predicted octanol–water partition coefficient (Wildman–Crippen LogP) is 3.60. The van der Waals surface area contributed by atoms with Crippen LogP contribution in [0.2, 0.25) is 0 Å². The molecule has 0 fully saturated rings. The maximum atomic E-state index is 9.59. The van der Waals surface area contributed by atoms with Crippen molar-refractivity contribution in [2.75, 3.05) is 18.6 Å². The van der Waals surface area contributed by atoms with Crippen molar-refractivity contribution in [3.05, 3.63) is 70.3 Å². The maximum Gasteiger partial charge on any atom is 0.171 e. The van der Waals surface area contributed by atoms with Gasteiger partial charge in [-0.3, -0.25) is 0 Å². The first-order valence-electron chi connectivity index (χ1n) is 8.36. The third kappa shape index (κ3) is 2.80. The molecular formula is C20H18N4OS. The molecule has 0 spiro atoms. The summed E-state index contributed by atoms with van der Waals surface area (Å²) in [4.78, 5) is 7.09. The molecule has 0 radical (unpaired) electrons. The Morgan fingerprint density at radius 1 is 1.23 bits per heavy atom. The minimum Gasteiger partial charge on any atom is -0.497 e. The van der Waals surface area contributed by atoms with Crippen molar-refractivity contribution in [2.45, 2.75) is 12.5 Å². The van der Waals surface area contributed by atoms with Crippen molar-refractivity contribution in [3.63, 3.8) is 0 Å². The Labute approximate surface area is 156 Å². The van der Waals surface area contributed by atoms with Gasteiger partial charge in [0, 0.05) is 12.2 Å². The number of aliphatic imine (C=N–C) groups is 1. The van der Waals surface area contributed by atoms with Crippen molar-refractivity contribution in [2.24, 2.45) is 10.7 Å². The molecule has 2 heterocycles. The maximum absolute atomic E-state index is 9.59. The smallest absolute Gasteiger partial charge is 0.171 e. The summed E-state index contributed by atoms with van der Waals surface area (Å²) in [7, 11) is 1.63. The lowest BCUT2D eigenvalue weighted by Crippen LogP contribution is -2.30. The van der Waals surface area contributed by atoms with Gasteiger partial charge in [0.15, 0.2) is 5.17 Å². The van der Waals surface area contributed by atoms with E-state index in [0.717, 1.165) is 29.4 Å². The summed E-state index contributed by atoms with van der Waals surface area (Å²) >= 11 is 1.37. The number of methoxy groups -OCH3 is 1. The van der Waals surface area contributed by atoms with Crippen LogP contribution in [0.15, 0.2) is 64.1 Å².